The zero-order chi connectivity index (χ0) is 13.9. The van der Waals surface area contributed by atoms with E-state index in [1.165, 1.54) is 42.0 Å². The molecule has 0 saturated heterocycles. The summed E-state index contributed by atoms with van der Waals surface area (Å²) >= 11 is 0. The Bertz CT molecular complexity index is 587. The van der Waals surface area contributed by atoms with Gasteiger partial charge in [-0.05, 0) is 42.5 Å². The number of benzene rings is 2. The molecule has 1 aliphatic rings. The van der Waals surface area contributed by atoms with Crippen LogP contribution < -0.4 is 10.5 Å². The summed E-state index contributed by atoms with van der Waals surface area (Å²) in [5.41, 5.74) is 7.82. The Hall–Kier alpha value is -1.54. The predicted octanol–water partition coefficient (Wildman–Crippen LogP) is 4.43. The van der Waals surface area contributed by atoms with Crippen LogP contribution in [-0.4, -0.2) is 6.61 Å². The quantitative estimate of drug-likeness (QED) is 0.891. The average Bonchev–Trinajstić information content (AvgIpc) is 3.01. The van der Waals surface area contributed by atoms with Gasteiger partial charge >= 0.3 is 0 Å². The highest BCUT2D eigenvalue weighted by Crippen LogP contribution is 2.40. The van der Waals surface area contributed by atoms with Gasteiger partial charge in [0.05, 0.1) is 6.61 Å². The molecular formula is C18H23NO. The molecule has 0 amide bonds. The minimum Gasteiger partial charge on any atom is -0.494 e. The van der Waals surface area contributed by atoms with Gasteiger partial charge in [0.15, 0.2) is 0 Å². The minimum absolute atomic E-state index is 0.0881. The van der Waals surface area contributed by atoms with Crippen LogP contribution >= 0.6 is 0 Å². The van der Waals surface area contributed by atoms with Gasteiger partial charge in [-0.25, -0.2) is 0 Å². The van der Waals surface area contributed by atoms with E-state index in [0.29, 0.717) is 12.5 Å². The van der Waals surface area contributed by atoms with Gasteiger partial charge in [0, 0.05) is 11.6 Å². The fourth-order valence-corrected chi connectivity index (χ4v) is 3.45. The van der Waals surface area contributed by atoms with Gasteiger partial charge in [0.2, 0.25) is 0 Å². The molecule has 0 heterocycles. The maximum atomic E-state index is 6.62. The van der Waals surface area contributed by atoms with E-state index < -0.39 is 0 Å². The van der Waals surface area contributed by atoms with Crippen molar-refractivity contribution < 1.29 is 4.74 Å². The first-order chi connectivity index (χ1) is 9.81. The Morgan fingerprint density at radius 2 is 1.90 bits per heavy atom. The molecule has 2 nitrogen and oxygen atoms in total. The van der Waals surface area contributed by atoms with Crippen LogP contribution in [0.4, 0.5) is 0 Å². The molecule has 0 radical (unpaired) electrons. The van der Waals surface area contributed by atoms with Crippen LogP contribution in [0.25, 0.3) is 10.8 Å². The van der Waals surface area contributed by atoms with Crippen LogP contribution in [0.3, 0.4) is 0 Å². The molecule has 3 rings (SSSR count). The number of hydrogen-bond donors (Lipinski definition) is 1. The molecule has 0 bridgehead atoms. The third-order valence-electron chi connectivity index (χ3n) is 4.47. The van der Waals surface area contributed by atoms with Gasteiger partial charge < -0.3 is 10.5 Å². The molecule has 1 aliphatic carbocycles. The Labute approximate surface area is 120 Å². The molecule has 0 unspecified atom stereocenters. The van der Waals surface area contributed by atoms with Crippen LogP contribution in [0, 0.1) is 5.92 Å². The summed E-state index contributed by atoms with van der Waals surface area (Å²) in [6.07, 6.45) is 5.12. The van der Waals surface area contributed by atoms with Gasteiger partial charge in [-0.3, -0.25) is 0 Å². The topological polar surface area (TPSA) is 35.2 Å². The number of nitrogens with two attached hydrogens (primary N) is 1. The van der Waals surface area contributed by atoms with E-state index in [2.05, 4.69) is 36.4 Å². The SMILES string of the molecule is CCOc1ccc2ccccc2c1[C@@H](N)C1CCCC1. The van der Waals surface area contributed by atoms with E-state index in [1.807, 2.05) is 6.92 Å². The van der Waals surface area contributed by atoms with Crippen molar-refractivity contribution in [3.63, 3.8) is 0 Å². The van der Waals surface area contributed by atoms with E-state index in [4.69, 9.17) is 10.5 Å². The first kappa shape index (κ1) is 13.4. The molecule has 1 atom stereocenters. The fraction of sp³-hybridized carbons (Fsp3) is 0.444. The van der Waals surface area contributed by atoms with Crippen molar-refractivity contribution in [2.24, 2.45) is 11.7 Å². The maximum Gasteiger partial charge on any atom is 0.124 e. The lowest BCUT2D eigenvalue weighted by atomic mass is 9.88. The molecule has 2 aromatic rings. The molecule has 2 aromatic carbocycles. The fourth-order valence-electron chi connectivity index (χ4n) is 3.45. The lowest BCUT2D eigenvalue weighted by molar-refractivity contribution is 0.328. The van der Waals surface area contributed by atoms with Crippen molar-refractivity contribution >= 4 is 10.8 Å². The second-order valence-corrected chi connectivity index (χ2v) is 5.70. The van der Waals surface area contributed by atoms with Crippen molar-refractivity contribution in [1.29, 1.82) is 0 Å². The summed E-state index contributed by atoms with van der Waals surface area (Å²) in [6, 6.07) is 12.8. The summed E-state index contributed by atoms with van der Waals surface area (Å²) in [6.45, 7) is 2.71. The van der Waals surface area contributed by atoms with Crippen LogP contribution in [-0.2, 0) is 0 Å². The standard InChI is InChI=1S/C18H23NO/c1-2-20-16-12-11-13-7-5-6-10-15(13)17(16)18(19)14-8-3-4-9-14/h5-7,10-12,14,18H,2-4,8-9,19H2,1H3/t18-/m0/s1. The first-order valence-electron chi connectivity index (χ1n) is 7.71. The molecule has 1 saturated carbocycles. The van der Waals surface area contributed by atoms with Crippen molar-refractivity contribution in [2.75, 3.05) is 6.61 Å². The summed E-state index contributed by atoms with van der Waals surface area (Å²) in [4.78, 5) is 0. The van der Waals surface area contributed by atoms with E-state index in [-0.39, 0.29) is 6.04 Å². The zero-order valence-electron chi connectivity index (χ0n) is 12.1. The largest absolute Gasteiger partial charge is 0.494 e. The van der Waals surface area contributed by atoms with Gasteiger partial charge in [0.1, 0.15) is 5.75 Å². The van der Waals surface area contributed by atoms with Crippen LogP contribution in [0.5, 0.6) is 5.75 Å². The Kier molecular flexibility index (Phi) is 3.93. The zero-order valence-corrected chi connectivity index (χ0v) is 12.1. The number of hydrogen-bond acceptors (Lipinski definition) is 2. The van der Waals surface area contributed by atoms with E-state index in [0.717, 1.165) is 5.75 Å². The second kappa shape index (κ2) is 5.84. The summed E-state index contributed by atoms with van der Waals surface area (Å²) in [5, 5.41) is 2.50. The average molecular weight is 269 g/mol. The molecule has 0 aromatic heterocycles. The lowest BCUT2D eigenvalue weighted by Crippen LogP contribution is -2.20. The third kappa shape index (κ3) is 2.40. The Morgan fingerprint density at radius 1 is 1.15 bits per heavy atom. The highest BCUT2D eigenvalue weighted by atomic mass is 16.5. The lowest BCUT2D eigenvalue weighted by Gasteiger charge is -2.23. The number of fused-ring (bicyclic) bond motifs is 1. The predicted molar refractivity (Wildman–Crippen MR) is 84.0 cm³/mol. The van der Waals surface area contributed by atoms with Crippen LogP contribution in [0.2, 0.25) is 0 Å². The van der Waals surface area contributed by atoms with Crippen molar-refractivity contribution in [3.05, 3.63) is 42.0 Å². The van der Waals surface area contributed by atoms with E-state index in [1.54, 1.807) is 0 Å². The monoisotopic (exact) mass is 269 g/mol. The molecule has 2 N–H and O–H groups in total. The summed E-state index contributed by atoms with van der Waals surface area (Å²) < 4.78 is 5.85. The molecular weight excluding hydrogens is 246 g/mol. The van der Waals surface area contributed by atoms with E-state index >= 15 is 0 Å². The normalized spacial score (nSPS) is 17.5. The Balaban J connectivity index is 2.10. The first-order valence-corrected chi connectivity index (χ1v) is 7.71. The van der Waals surface area contributed by atoms with Crippen molar-refractivity contribution in [1.82, 2.24) is 0 Å². The molecule has 2 heteroatoms. The number of ether oxygens (including phenoxy) is 1. The number of rotatable bonds is 4. The third-order valence-corrected chi connectivity index (χ3v) is 4.47. The molecule has 1 fully saturated rings. The van der Waals surface area contributed by atoms with Crippen LogP contribution in [0.15, 0.2) is 36.4 Å². The smallest absolute Gasteiger partial charge is 0.124 e. The van der Waals surface area contributed by atoms with Crippen molar-refractivity contribution in [2.45, 2.75) is 38.6 Å². The molecule has 0 spiro atoms. The van der Waals surface area contributed by atoms with E-state index in [9.17, 15) is 0 Å². The Morgan fingerprint density at radius 3 is 2.65 bits per heavy atom. The highest BCUT2D eigenvalue weighted by Gasteiger charge is 2.26. The van der Waals surface area contributed by atoms with Gasteiger partial charge in [0.25, 0.3) is 0 Å². The summed E-state index contributed by atoms with van der Waals surface area (Å²) in [5.74, 6) is 1.56. The summed E-state index contributed by atoms with van der Waals surface area (Å²) in [7, 11) is 0. The van der Waals surface area contributed by atoms with Gasteiger partial charge in [-0.1, -0.05) is 43.2 Å². The van der Waals surface area contributed by atoms with Crippen molar-refractivity contribution in [3.8, 4) is 5.75 Å². The molecule has 106 valence electrons. The van der Waals surface area contributed by atoms with Gasteiger partial charge in [-0.2, -0.15) is 0 Å². The second-order valence-electron chi connectivity index (χ2n) is 5.70. The molecule has 20 heavy (non-hydrogen) atoms. The van der Waals surface area contributed by atoms with Crippen LogP contribution in [0.1, 0.15) is 44.2 Å². The highest BCUT2D eigenvalue weighted by molar-refractivity contribution is 5.88. The minimum atomic E-state index is 0.0881. The maximum absolute atomic E-state index is 6.62. The molecule has 0 aliphatic heterocycles. The van der Waals surface area contributed by atoms with Gasteiger partial charge in [-0.15, -0.1) is 0 Å².